The molecule has 0 bridgehead atoms. The number of carbonyl (C=O) groups is 2. The molecule has 3 rings (SSSR count). The molecule has 7 heteroatoms. The Balaban J connectivity index is 1.57. The molecule has 1 atom stereocenters. The number of nitrogens with zero attached hydrogens (tertiary/aromatic N) is 3. The summed E-state index contributed by atoms with van der Waals surface area (Å²) in [5.41, 5.74) is 1.53. The van der Waals surface area contributed by atoms with Gasteiger partial charge in [0.25, 0.3) is 0 Å². The van der Waals surface area contributed by atoms with Gasteiger partial charge >= 0.3 is 0 Å². The molecule has 0 aliphatic carbocycles. The fraction of sp³-hybridized carbons (Fsp3) is 0.348. The van der Waals surface area contributed by atoms with Gasteiger partial charge < -0.3 is 14.5 Å². The minimum Gasteiger partial charge on any atom is -0.370 e. The summed E-state index contributed by atoms with van der Waals surface area (Å²) in [6, 6.07) is 17.3. The molecule has 1 saturated heterocycles. The quantitative estimate of drug-likeness (QED) is 0.702. The first-order valence-corrected chi connectivity index (χ1v) is 9.95. The van der Waals surface area contributed by atoms with E-state index in [0.717, 1.165) is 5.56 Å². The number of para-hydroxylation sites is 1. The second kappa shape index (κ2) is 10.5. The van der Waals surface area contributed by atoms with Crippen molar-refractivity contribution in [3.05, 3.63) is 66.0 Å². The smallest absolute Gasteiger partial charge is 0.227 e. The maximum absolute atomic E-state index is 13.1. The van der Waals surface area contributed by atoms with Crippen LogP contribution in [0.1, 0.15) is 30.9 Å². The minimum absolute atomic E-state index is 0.0672. The molecule has 0 saturated carbocycles. The average Bonchev–Trinajstić information content (AvgIpc) is 2.79. The standard InChI is InChI=1S/C23H24FN3O3/c24-19-9-7-18(8-10-19)21-17-26(15-16-30-21)22(28)11-12-23(29)27(14-4-13-25)20-5-2-1-3-6-20/h1-3,5-10,21H,4,11-12,14-17H2. The lowest BCUT2D eigenvalue weighted by Crippen LogP contribution is -2.42. The SMILES string of the molecule is N#CCCN(C(=O)CCC(=O)N1CCOC(c2ccc(F)cc2)C1)c1ccccc1. The van der Waals surface area contributed by atoms with Crippen molar-refractivity contribution in [3.8, 4) is 6.07 Å². The van der Waals surface area contributed by atoms with E-state index < -0.39 is 0 Å². The molecular formula is C23H24FN3O3. The van der Waals surface area contributed by atoms with E-state index in [1.54, 1.807) is 21.9 Å². The predicted octanol–water partition coefficient (Wildman–Crippen LogP) is 3.45. The van der Waals surface area contributed by atoms with Gasteiger partial charge in [-0.3, -0.25) is 9.59 Å². The van der Waals surface area contributed by atoms with E-state index in [-0.39, 0.29) is 49.5 Å². The molecule has 1 unspecified atom stereocenters. The van der Waals surface area contributed by atoms with Crippen molar-refractivity contribution in [2.75, 3.05) is 31.1 Å². The Morgan fingerprint density at radius 1 is 1.13 bits per heavy atom. The van der Waals surface area contributed by atoms with Crippen LogP contribution in [-0.4, -0.2) is 43.0 Å². The molecule has 1 heterocycles. The Morgan fingerprint density at radius 2 is 1.87 bits per heavy atom. The van der Waals surface area contributed by atoms with Crippen LogP contribution in [0.3, 0.4) is 0 Å². The van der Waals surface area contributed by atoms with E-state index in [0.29, 0.717) is 25.4 Å². The summed E-state index contributed by atoms with van der Waals surface area (Å²) in [6.07, 6.45) is 0.0652. The van der Waals surface area contributed by atoms with Gasteiger partial charge in [-0.05, 0) is 29.8 Å². The number of halogens is 1. The first kappa shape index (κ1) is 21.5. The maximum Gasteiger partial charge on any atom is 0.227 e. The van der Waals surface area contributed by atoms with Gasteiger partial charge in [0, 0.05) is 31.6 Å². The van der Waals surface area contributed by atoms with E-state index in [1.165, 1.54) is 12.1 Å². The number of nitriles is 1. The second-order valence-corrected chi connectivity index (χ2v) is 7.04. The zero-order chi connectivity index (χ0) is 21.3. The number of amides is 2. The molecule has 2 aromatic rings. The van der Waals surface area contributed by atoms with Crippen LogP contribution >= 0.6 is 0 Å². The van der Waals surface area contributed by atoms with Gasteiger partial charge in [0.2, 0.25) is 11.8 Å². The third-order valence-corrected chi connectivity index (χ3v) is 5.03. The van der Waals surface area contributed by atoms with E-state index in [1.807, 2.05) is 30.3 Å². The molecule has 30 heavy (non-hydrogen) atoms. The zero-order valence-electron chi connectivity index (χ0n) is 16.7. The number of carbonyl (C=O) groups excluding carboxylic acids is 2. The van der Waals surface area contributed by atoms with Gasteiger partial charge in [-0.2, -0.15) is 5.26 Å². The molecular weight excluding hydrogens is 385 g/mol. The zero-order valence-corrected chi connectivity index (χ0v) is 16.7. The van der Waals surface area contributed by atoms with Crippen molar-refractivity contribution in [2.45, 2.75) is 25.4 Å². The summed E-state index contributed by atoms with van der Waals surface area (Å²) in [5.74, 6) is -0.624. The maximum atomic E-state index is 13.1. The average molecular weight is 409 g/mol. The first-order chi connectivity index (χ1) is 14.6. The normalized spacial score (nSPS) is 16.0. The molecule has 0 N–H and O–H groups in total. The van der Waals surface area contributed by atoms with Crippen LogP contribution < -0.4 is 4.90 Å². The highest BCUT2D eigenvalue weighted by Gasteiger charge is 2.26. The van der Waals surface area contributed by atoms with Gasteiger partial charge in [-0.1, -0.05) is 30.3 Å². The van der Waals surface area contributed by atoms with Crippen molar-refractivity contribution >= 4 is 17.5 Å². The lowest BCUT2D eigenvalue weighted by molar-refractivity contribution is -0.140. The van der Waals surface area contributed by atoms with Gasteiger partial charge in [0.15, 0.2) is 0 Å². The van der Waals surface area contributed by atoms with Gasteiger partial charge in [-0.25, -0.2) is 4.39 Å². The lowest BCUT2D eigenvalue weighted by Gasteiger charge is -2.33. The third-order valence-electron chi connectivity index (χ3n) is 5.03. The molecule has 6 nitrogen and oxygen atoms in total. The monoisotopic (exact) mass is 409 g/mol. The summed E-state index contributed by atoms with van der Waals surface area (Å²) in [4.78, 5) is 28.7. The number of hydrogen-bond acceptors (Lipinski definition) is 4. The Bertz CT molecular complexity index is 896. The van der Waals surface area contributed by atoms with Crippen LogP contribution in [0.4, 0.5) is 10.1 Å². The first-order valence-electron chi connectivity index (χ1n) is 9.95. The van der Waals surface area contributed by atoms with Crippen LogP contribution in [0, 0.1) is 17.1 Å². The van der Waals surface area contributed by atoms with Crippen molar-refractivity contribution in [2.24, 2.45) is 0 Å². The number of benzene rings is 2. The van der Waals surface area contributed by atoms with E-state index in [2.05, 4.69) is 6.07 Å². The van der Waals surface area contributed by atoms with Crippen molar-refractivity contribution in [1.29, 1.82) is 5.26 Å². The van der Waals surface area contributed by atoms with Crippen LogP contribution in [0.25, 0.3) is 0 Å². The molecule has 2 aromatic carbocycles. The number of anilines is 1. The van der Waals surface area contributed by atoms with E-state index >= 15 is 0 Å². The molecule has 1 aliphatic rings. The van der Waals surface area contributed by atoms with Crippen molar-refractivity contribution in [3.63, 3.8) is 0 Å². The molecule has 0 spiro atoms. The Morgan fingerprint density at radius 3 is 2.57 bits per heavy atom. The highest BCUT2D eigenvalue weighted by molar-refractivity contribution is 5.95. The van der Waals surface area contributed by atoms with Gasteiger partial charge in [0.1, 0.15) is 11.9 Å². The molecule has 156 valence electrons. The summed E-state index contributed by atoms with van der Waals surface area (Å²) >= 11 is 0. The minimum atomic E-state index is -0.319. The molecule has 0 radical (unpaired) electrons. The highest BCUT2D eigenvalue weighted by atomic mass is 19.1. The topological polar surface area (TPSA) is 73.6 Å². The summed E-state index contributed by atoms with van der Waals surface area (Å²) in [6.45, 7) is 1.51. The fourth-order valence-electron chi connectivity index (χ4n) is 3.43. The summed E-state index contributed by atoms with van der Waals surface area (Å²) < 4.78 is 18.9. The van der Waals surface area contributed by atoms with Crippen molar-refractivity contribution < 1.29 is 18.7 Å². The third kappa shape index (κ3) is 5.65. The van der Waals surface area contributed by atoms with Crippen LogP contribution in [0.2, 0.25) is 0 Å². The Labute approximate surface area is 175 Å². The predicted molar refractivity (Wildman–Crippen MR) is 110 cm³/mol. The molecule has 0 aromatic heterocycles. The van der Waals surface area contributed by atoms with Crippen molar-refractivity contribution in [1.82, 2.24) is 4.90 Å². The molecule has 1 fully saturated rings. The summed E-state index contributed by atoms with van der Waals surface area (Å²) in [5, 5.41) is 8.88. The van der Waals surface area contributed by atoms with Gasteiger partial charge in [0.05, 0.1) is 25.6 Å². The van der Waals surface area contributed by atoms with Crippen LogP contribution in [-0.2, 0) is 14.3 Å². The lowest BCUT2D eigenvalue weighted by atomic mass is 10.1. The summed E-state index contributed by atoms with van der Waals surface area (Å²) in [7, 11) is 0. The fourth-order valence-corrected chi connectivity index (χ4v) is 3.43. The molecule has 1 aliphatic heterocycles. The Kier molecular flexibility index (Phi) is 7.52. The van der Waals surface area contributed by atoms with E-state index in [9.17, 15) is 14.0 Å². The largest absolute Gasteiger partial charge is 0.370 e. The van der Waals surface area contributed by atoms with Gasteiger partial charge in [-0.15, -0.1) is 0 Å². The van der Waals surface area contributed by atoms with Crippen LogP contribution in [0.15, 0.2) is 54.6 Å². The van der Waals surface area contributed by atoms with Crippen LogP contribution in [0.5, 0.6) is 0 Å². The number of hydrogen-bond donors (Lipinski definition) is 0. The number of ether oxygens (including phenoxy) is 1. The highest BCUT2D eigenvalue weighted by Crippen LogP contribution is 2.23. The Hall–Kier alpha value is -3.24. The second-order valence-electron chi connectivity index (χ2n) is 7.04. The number of rotatable bonds is 7. The number of morpholine rings is 1. The van der Waals surface area contributed by atoms with E-state index in [4.69, 9.17) is 10.00 Å². The molecule has 2 amide bonds.